The Bertz CT molecular complexity index is 354. The number of aryl methyl sites for hydroxylation is 1. The third kappa shape index (κ3) is 3.84. The maximum absolute atomic E-state index is 4.30. The Morgan fingerprint density at radius 1 is 1.53 bits per heavy atom. The van der Waals surface area contributed by atoms with Crippen LogP contribution in [0.4, 0.5) is 0 Å². The fourth-order valence-electron chi connectivity index (χ4n) is 2.84. The molecule has 0 radical (unpaired) electrons. The summed E-state index contributed by atoms with van der Waals surface area (Å²) in [4.78, 5) is 0. The van der Waals surface area contributed by atoms with E-state index in [2.05, 4.69) is 37.4 Å². The number of nitrogens with zero attached hydrogens (tertiary/aromatic N) is 2. The Morgan fingerprint density at radius 3 is 3.00 bits per heavy atom. The molecular weight excluding hydrogens is 210 g/mol. The minimum absolute atomic E-state index is 0.526. The van der Waals surface area contributed by atoms with Crippen molar-refractivity contribution in [3.05, 3.63) is 18.0 Å². The van der Waals surface area contributed by atoms with E-state index in [1.807, 2.05) is 10.9 Å². The number of rotatable bonds is 4. The monoisotopic (exact) mass is 235 g/mol. The first kappa shape index (κ1) is 12.6. The van der Waals surface area contributed by atoms with Crippen molar-refractivity contribution in [3.63, 3.8) is 0 Å². The van der Waals surface area contributed by atoms with Crippen molar-refractivity contribution < 1.29 is 0 Å². The van der Waals surface area contributed by atoms with Crippen molar-refractivity contribution in [2.45, 2.75) is 59.0 Å². The standard InChI is InChI=1S/C14H25N3/c1-12-10-16-17(11-12)8-7-15-13-5-4-6-14(2,3)9-13/h10-11,13,15H,4-9H2,1-3H3. The van der Waals surface area contributed by atoms with Crippen molar-refractivity contribution in [1.82, 2.24) is 15.1 Å². The summed E-state index contributed by atoms with van der Waals surface area (Å²) in [5.41, 5.74) is 1.77. The van der Waals surface area contributed by atoms with Gasteiger partial charge in [-0.05, 0) is 37.2 Å². The third-order valence-electron chi connectivity index (χ3n) is 3.74. The van der Waals surface area contributed by atoms with Crippen LogP contribution in [-0.2, 0) is 6.54 Å². The minimum atomic E-state index is 0.526. The van der Waals surface area contributed by atoms with Gasteiger partial charge >= 0.3 is 0 Å². The van der Waals surface area contributed by atoms with Gasteiger partial charge in [-0.1, -0.05) is 20.3 Å². The van der Waals surface area contributed by atoms with Crippen molar-refractivity contribution in [1.29, 1.82) is 0 Å². The summed E-state index contributed by atoms with van der Waals surface area (Å²) in [6.07, 6.45) is 9.41. The zero-order valence-electron chi connectivity index (χ0n) is 11.4. The van der Waals surface area contributed by atoms with E-state index >= 15 is 0 Å². The molecule has 3 nitrogen and oxygen atoms in total. The normalized spacial score (nSPS) is 23.8. The lowest BCUT2D eigenvalue weighted by Crippen LogP contribution is -2.38. The molecule has 2 rings (SSSR count). The Labute approximate surface area is 105 Å². The summed E-state index contributed by atoms with van der Waals surface area (Å²) in [5.74, 6) is 0. The molecule has 0 amide bonds. The quantitative estimate of drug-likeness (QED) is 0.869. The Kier molecular flexibility index (Phi) is 3.87. The van der Waals surface area contributed by atoms with Gasteiger partial charge in [0.1, 0.15) is 0 Å². The van der Waals surface area contributed by atoms with Crippen molar-refractivity contribution in [2.24, 2.45) is 5.41 Å². The highest BCUT2D eigenvalue weighted by atomic mass is 15.3. The lowest BCUT2D eigenvalue weighted by Gasteiger charge is -2.35. The highest BCUT2D eigenvalue weighted by Crippen LogP contribution is 2.34. The van der Waals surface area contributed by atoms with Crippen LogP contribution in [0.1, 0.15) is 45.1 Å². The molecule has 0 aliphatic heterocycles. The molecule has 1 fully saturated rings. The van der Waals surface area contributed by atoms with Crippen molar-refractivity contribution in [3.8, 4) is 0 Å². The fourth-order valence-corrected chi connectivity index (χ4v) is 2.84. The third-order valence-corrected chi connectivity index (χ3v) is 3.74. The molecule has 1 aromatic rings. The van der Waals surface area contributed by atoms with E-state index < -0.39 is 0 Å². The summed E-state index contributed by atoms with van der Waals surface area (Å²) in [6.45, 7) is 8.86. The van der Waals surface area contributed by atoms with E-state index in [9.17, 15) is 0 Å². The summed E-state index contributed by atoms with van der Waals surface area (Å²) in [5, 5.41) is 7.98. The Morgan fingerprint density at radius 2 is 2.35 bits per heavy atom. The maximum Gasteiger partial charge on any atom is 0.0534 e. The van der Waals surface area contributed by atoms with E-state index in [0.29, 0.717) is 11.5 Å². The van der Waals surface area contributed by atoms with Gasteiger partial charge in [-0.25, -0.2) is 0 Å². The predicted molar refractivity (Wildman–Crippen MR) is 71.0 cm³/mol. The van der Waals surface area contributed by atoms with E-state index in [-0.39, 0.29) is 0 Å². The molecule has 1 N–H and O–H groups in total. The van der Waals surface area contributed by atoms with Crippen LogP contribution < -0.4 is 5.32 Å². The zero-order chi connectivity index (χ0) is 12.3. The van der Waals surface area contributed by atoms with Crippen LogP contribution >= 0.6 is 0 Å². The summed E-state index contributed by atoms with van der Waals surface area (Å²) >= 11 is 0. The number of nitrogens with one attached hydrogen (secondary N) is 1. The Hall–Kier alpha value is -0.830. The van der Waals surface area contributed by atoms with Gasteiger partial charge in [0, 0.05) is 18.8 Å². The van der Waals surface area contributed by atoms with Crippen LogP contribution in [0.2, 0.25) is 0 Å². The summed E-state index contributed by atoms with van der Waals surface area (Å²) in [6, 6.07) is 0.704. The molecular formula is C14H25N3. The highest BCUT2D eigenvalue weighted by molar-refractivity contribution is 4.99. The molecule has 1 aliphatic carbocycles. The van der Waals surface area contributed by atoms with Gasteiger partial charge in [0.2, 0.25) is 0 Å². The van der Waals surface area contributed by atoms with Crippen LogP contribution in [0.15, 0.2) is 12.4 Å². The van der Waals surface area contributed by atoms with E-state index in [1.54, 1.807) is 0 Å². The molecule has 1 aromatic heterocycles. The smallest absolute Gasteiger partial charge is 0.0534 e. The molecule has 3 heteroatoms. The SMILES string of the molecule is Cc1cnn(CCNC2CCCC(C)(C)C2)c1. The van der Waals surface area contributed by atoms with Gasteiger partial charge in [-0.2, -0.15) is 5.10 Å². The molecule has 1 aliphatic rings. The molecule has 0 spiro atoms. The zero-order valence-corrected chi connectivity index (χ0v) is 11.4. The second-order valence-electron chi connectivity index (χ2n) is 6.19. The molecule has 0 saturated heterocycles. The van der Waals surface area contributed by atoms with Crippen LogP contribution in [0.25, 0.3) is 0 Å². The van der Waals surface area contributed by atoms with Gasteiger partial charge < -0.3 is 5.32 Å². The van der Waals surface area contributed by atoms with Gasteiger partial charge in [0.15, 0.2) is 0 Å². The van der Waals surface area contributed by atoms with Crippen molar-refractivity contribution >= 4 is 0 Å². The predicted octanol–water partition coefficient (Wildman–Crippen LogP) is 2.75. The van der Waals surface area contributed by atoms with Gasteiger partial charge in [-0.3, -0.25) is 4.68 Å². The van der Waals surface area contributed by atoms with Crippen LogP contribution in [-0.4, -0.2) is 22.4 Å². The molecule has 0 aromatic carbocycles. The van der Waals surface area contributed by atoms with E-state index in [4.69, 9.17) is 0 Å². The lowest BCUT2D eigenvalue weighted by molar-refractivity contribution is 0.197. The first-order chi connectivity index (χ1) is 8.05. The van der Waals surface area contributed by atoms with E-state index in [0.717, 1.165) is 13.1 Å². The average molecular weight is 235 g/mol. The largest absolute Gasteiger partial charge is 0.312 e. The maximum atomic E-state index is 4.30. The van der Waals surface area contributed by atoms with Crippen LogP contribution in [0.3, 0.4) is 0 Å². The molecule has 1 saturated carbocycles. The Balaban J connectivity index is 1.71. The fraction of sp³-hybridized carbons (Fsp3) is 0.786. The molecule has 1 unspecified atom stereocenters. The van der Waals surface area contributed by atoms with Crippen LogP contribution in [0, 0.1) is 12.3 Å². The first-order valence-corrected chi connectivity index (χ1v) is 6.78. The van der Waals surface area contributed by atoms with Crippen LogP contribution in [0.5, 0.6) is 0 Å². The summed E-state index contributed by atoms with van der Waals surface area (Å²) in [7, 11) is 0. The minimum Gasteiger partial charge on any atom is -0.312 e. The van der Waals surface area contributed by atoms with Gasteiger partial charge in [0.05, 0.1) is 12.7 Å². The highest BCUT2D eigenvalue weighted by Gasteiger charge is 2.27. The second-order valence-corrected chi connectivity index (χ2v) is 6.19. The average Bonchev–Trinajstić information content (AvgIpc) is 2.63. The first-order valence-electron chi connectivity index (χ1n) is 6.78. The van der Waals surface area contributed by atoms with Gasteiger partial charge in [0.25, 0.3) is 0 Å². The van der Waals surface area contributed by atoms with E-state index in [1.165, 1.54) is 31.2 Å². The number of hydrogen-bond acceptors (Lipinski definition) is 2. The summed E-state index contributed by atoms with van der Waals surface area (Å²) < 4.78 is 2.02. The molecule has 1 heterocycles. The molecule has 96 valence electrons. The topological polar surface area (TPSA) is 29.9 Å². The second kappa shape index (κ2) is 5.21. The van der Waals surface area contributed by atoms with Gasteiger partial charge in [-0.15, -0.1) is 0 Å². The molecule has 1 atom stereocenters. The lowest BCUT2D eigenvalue weighted by atomic mass is 9.75. The number of hydrogen-bond donors (Lipinski definition) is 1. The molecule has 0 bridgehead atoms. The molecule has 17 heavy (non-hydrogen) atoms. The number of aromatic nitrogens is 2. The van der Waals surface area contributed by atoms with Crippen molar-refractivity contribution in [2.75, 3.05) is 6.54 Å².